The molecule has 10 nitrogen and oxygen atoms in total. The molecule has 126 valence electrons. The number of carboxylic acid groups (broad SMARTS) is 1. The van der Waals surface area contributed by atoms with Crippen LogP contribution in [0.4, 0.5) is 0 Å². The lowest BCUT2D eigenvalue weighted by Gasteiger charge is -2.35. The highest BCUT2D eigenvalue weighted by Crippen LogP contribution is 2.21. The lowest BCUT2D eigenvalue weighted by Crippen LogP contribution is -2.52. The zero-order valence-electron chi connectivity index (χ0n) is 11.5. The van der Waals surface area contributed by atoms with E-state index in [1.54, 1.807) is 0 Å². The monoisotopic (exact) mass is 321 g/mol. The van der Waals surface area contributed by atoms with Crippen LogP contribution in [-0.2, 0) is 19.1 Å². The molecule has 0 spiro atoms. The molecule has 0 bridgehead atoms. The Hall–Kier alpha value is -1.56. The Kier molecular flexibility index (Phi) is 6.41. The molecule has 0 radical (unpaired) electrons. The Bertz CT molecular complexity index is 434. The lowest BCUT2D eigenvalue weighted by atomic mass is 10.0. The normalized spacial score (nSPS) is 30.5. The van der Waals surface area contributed by atoms with Crippen molar-refractivity contribution in [1.82, 2.24) is 0 Å². The number of carbonyl (C=O) groups is 2. The highest BCUT2D eigenvalue weighted by atomic mass is 16.7. The summed E-state index contributed by atoms with van der Waals surface area (Å²) < 4.78 is 9.59. The predicted molar refractivity (Wildman–Crippen MR) is 64.6 cm³/mol. The molecule has 0 saturated heterocycles. The average molecular weight is 321 g/mol. The number of aliphatic hydroxyl groups excluding tert-OH is 5. The van der Waals surface area contributed by atoms with Crippen molar-refractivity contribution < 1.29 is 49.7 Å². The summed E-state index contributed by atoms with van der Waals surface area (Å²) in [6.07, 6.45) is -11.2. The van der Waals surface area contributed by atoms with Crippen LogP contribution in [0.3, 0.4) is 0 Å². The molecule has 0 aromatic rings. The summed E-state index contributed by atoms with van der Waals surface area (Å²) in [5, 5.41) is 58.1. The number of hydrogen-bond donors (Lipinski definition) is 5. The van der Waals surface area contributed by atoms with Gasteiger partial charge in [0.05, 0.1) is 6.10 Å². The minimum absolute atomic E-state index is 0.0652. The molecular formula is C12H17O10-. The summed E-state index contributed by atoms with van der Waals surface area (Å²) in [7, 11) is 0. The van der Waals surface area contributed by atoms with E-state index in [9.17, 15) is 35.1 Å². The third-order valence-corrected chi connectivity index (χ3v) is 3.00. The fourth-order valence-corrected chi connectivity index (χ4v) is 1.70. The molecule has 5 N–H and O–H groups in total. The van der Waals surface area contributed by atoms with Crippen LogP contribution in [0.5, 0.6) is 0 Å². The average Bonchev–Trinajstić information content (AvgIpc) is 2.46. The molecular weight excluding hydrogens is 304 g/mol. The maximum atomic E-state index is 10.9. The number of carbonyl (C=O) groups excluding carboxylic acids is 2. The van der Waals surface area contributed by atoms with Crippen LogP contribution in [0.25, 0.3) is 0 Å². The van der Waals surface area contributed by atoms with Gasteiger partial charge in [0.25, 0.3) is 0 Å². The second kappa shape index (κ2) is 7.63. The molecule has 0 aliphatic carbocycles. The van der Waals surface area contributed by atoms with Crippen LogP contribution in [0.15, 0.2) is 11.8 Å². The van der Waals surface area contributed by atoms with Crippen molar-refractivity contribution in [3.8, 4) is 0 Å². The predicted octanol–water partition coefficient (Wildman–Crippen LogP) is -4.61. The minimum atomic E-state index is -1.87. The largest absolute Gasteiger partial charge is 0.542 e. The minimum Gasteiger partial charge on any atom is -0.542 e. The Balaban J connectivity index is 2.84. The van der Waals surface area contributed by atoms with Gasteiger partial charge in [-0.1, -0.05) is 0 Å². The van der Waals surface area contributed by atoms with Gasteiger partial charge in [0.15, 0.2) is 6.29 Å². The second-order valence-electron chi connectivity index (χ2n) is 4.74. The summed E-state index contributed by atoms with van der Waals surface area (Å²) >= 11 is 0. The first-order valence-corrected chi connectivity index (χ1v) is 6.30. The molecule has 1 rings (SSSR count). The maximum absolute atomic E-state index is 10.9. The van der Waals surface area contributed by atoms with E-state index in [2.05, 4.69) is 0 Å². The van der Waals surface area contributed by atoms with Crippen LogP contribution in [0.2, 0.25) is 0 Å². The second-order valence-corrected chi connectivity index (χ2v) is 4.74. The van der Waals surface area contributed by atoms with Crippen molar-refractivity contribution in [3.63, 3.8) is 0 Å². The summed E-state index contributed by atoms with van der Waals surface area (Å²) in [5.41, 5.74) is 0. The molecule has 0 aromatic carbocycles. The van der Waals surface area contributed by atoms with E-state index < -0.39 is 54.6 Å². The number of aldehydes is 1. The topological polar surface area (TPSA) is 177 Å². The number of rotatable bonds is 7. The molecule has 1 aliphatic heterocycles. The number of carboxylic acids is 1. The molecule has 1 heterocycles. The van der Waals surface area contributed by atoms with Crippen molar-refractivity contribution in [1.29, 1.82) is 0 Å². The number of aliphatic carboxylic acids is 1. The number of hydrogen-bond acceptors (Lipinski definition) is 10. The van der Waals surface area contributed by atoms with E-state index in [1.165, 1.54) is 0 Å². The first-order chi connectivity index (χ1) is 10.2. The lowest BCUT2D eigenvalue weighted by molar-refractivity contribution is -0.310. The summed E-state index contributed by atoms with van der Waals surface area (Å²) in [6, 6.07) is 0. The Labute approximate surface area is 124 Å². The van der Waals surface area contributed by atoms with Crippen LogP contribution in [-0.4, -0.2) is 80.7 Å². The molecule has 0 fully saturated rings. The number of ether oxygens (including phenoxy) is 2. The molecule has 0 aromatic heterocycles. The molecule has 22 heavy (non-hydrogen) atoms. The van der Waals surface area contributed by atoms with Gasteiger partial charge < -0.3 is 49.7 Å². The molecule has 0 amide bonds. The van der Waals surface area contributed by atoms with Gasteiger partial charge in [0.1, 0.15) is 42.2 Å². The number of aliphatic hydroxyl groups is 5. The van der Waals surface area contributed by atoms with Gasteiger partial charge in [0, 0.05) is 0 Å². The van der Waals surface area contributed by atoms with Crippen molar-refractivity contribution in [2.24, 2.45) is 0 Å². The van der Waals surface area contributed by atoms with E-state index in [0.717, 1.165) is 6.92 Å². The Morgan fingerprint density at radius 2 is 1.95 bits per heavy atom. The van der Waals surface area contributed by atoms with E-state index >= 15 is 0 Å². The molecule has 7 atom stereocenters. The fourth-order valence-electron chi connectivity index (χ4n) is 1.70. The smallest absolute Gasteiger partial charge is 0.229 e. The quantitative estimate of drug-likeness (QED) is 0.287. The highest BCUT2D eigenvalue weighted by Gasteiger charge is 2.39. The van der Waals surface area contributed by atoms with Gasteiger partial charge >= 0.3 is 0 Å². The van der Waals surface area contributed by atoms with E-state index in [0.29, 0.717) is 6.08 Å². The summed E-state index contributed by atoms with van der Waals surface area (Å²) in [6.45, 7) is 1.16. The highest BCUT2D eigenvalue weighted by molar-refractivity contribution is 5.82. The molecule has 7 unspecified atom stereocenters. The van der Waals surface area contributed by atoms with Crippen molar-refractivity contribution in [2.75, 3.05) is 0 Å². The summed E-state index contributed by atoms with van der Waals surface area (Å²) in [4.78, 5) is 21.6. The standard InChI is InChI=1S/C12H18O10/c1-4(14)8(16)10(18)7(3-13)22-12-9(17)5(15)2-6(21-12)11(19)20/h2-5,7-10,12,14-18H,1H3,(H,19,20)/p-1. The third-order valence-electron chi connectivity index (χ3n) is 3.00. The van der Waals surface area contributed by atoms with Gasteiger partial charge in [-0.3, -0.25) is 0 Å². The van der Waals surface area contributed by atoms with E-state index in [1.807, 2.05) is 0 Å². The van der Waals surface area contributed by atoms with Crippen LogP contribution >= 0.6 is 0 Å². The Morgan fingerprint density at radius 1 is 1.36 bits per heavy atom. The molecule has 0 saturated carbocycles. The SMILES string of the molecule is CC(O)C(O)C(O)C(C=O)OC1OC(C(=O)[O-])=CC(O)C1O. The summed E-state index contributed by atoms with van der Waals surface area (Å²) in [5.74, 6) is -2.61. The van der Waals surface area contributed by atoms with E-state index in [4.69, 9.17) is 14.6 Å². The van der Waals surface area contributed by atoms with E-state index in [-0.39, 0.29) is 6.29 Å². The zero-order chi connectivity index (χ0) is 17.0. The first kappa shape index (κ1) is 18.5. The van der Waals surface area contributed by atoms with Crippen molar-refractivity contribution >= 4 is 12.3 Å². The van der Waals surface area contributed by atoms with Crippen LogP contribution in [0.1, 0.15) is 6.92 Å². The van der Waals surface area contributed by atoms with Gasteiger partial charge in [-0.2, -0.15) is 0 Å². The van der Waals surface area contributed by atoms with Crippen LogP contribution in [0, 0.1) is 0 Å². The molecule has 10 heteroatoms. The first-order valence-electron chi connectivity index (χ1n) is 6.30. The van der Waals surface area contributed by atoms with Gasteiger partial charge in [0.2, 0.25) is 6.29 Å². The maximum Gasteiger partial charge on any atom is 0.229 e. The van der Waals surface area contributed by atoms with Gasteiger partial charge in [-0.25, -0.2) is 0 Å². The van der Waals surface area contributed by atoms with Crippen LogP contribution < -0.4 is 5.11 Å². The third kappa shape index (κ3) is 4.22. The van der Waals surface area contributed by atoms with Gasteiger partial charge in [-0.15, -0.1) is 0 Å². The fraction of sp³-hybridized carbons (Fsp3) is 0.667. The Morgan fingerprint density at radius 3 is 2.41 bits per heavy atom. The van der Waals surface area contributed by atoms with Crippen molar-refractivity contribution in [3.05, 3.63) is 11.8 Å². The molecule has 1 aliphatic rings. The van der Waals surface area contributed by atoms with Crippen molar-refractivity contribution in [2.45, 2.75) is 49.8 Å². The van der Waals surface area contributed by atoms with Gasteiger partial charge in [-0.05, 0) is 13.0 Å². The zero-order valence-corrected chi connectivity index (χ0v) is 11.5.